The molecule has 0 aromatic heterocycles. The Kier molecular flexibility index (Phi) is 7.38. The van der Waals surface area contributed by atoms with Crippen LogP contribution in [0.25, 0.3) is 0 Å². The van der Waals surface area contributed by atoms with E-state index in [-0.39, 0.29) is 18.4 Å². The Labute approximate surface area is 172 Å². The number of hydrogen-bond acceptors (Lipinski definition) is 4. The van der Waals surface area contributed by atoms with Gasteiger partial charge in [-0.05, 0) is 48.2 Å². The number of benzene rings is 2. The van der Waals surface area contributed by atoms with Crippen LogP contribution in [0.15, 0.2) is 42.5 Å². The molecule has 0 radical (unpaired) electrons. The molecular formula is C23H29N3O3. The highest BCUT2D eigenvalue weighted by molar-refractivity contribution is 5.96. The number of ether oxygens (including phenoxy) is 1. The number of amides is 2. The minimum Gasteiger partial charge on any atom is -0.379 e. The van der Waals surface area contributed by atoms with Crippen LogP contribution in [0.4, 0.5) is 0 Å². The summed E-state index contributed by atoms with van der Waals surface area (Å²) < 4.78 is 5.39. The molecule has 6 heteroatoms. The fraction of sp³-hybridized carbons (Fsp3) is 0.391. The van der Waals surface area contributed by atoms with Crippen molar-refractivity contribution < 1.29 is 14.3 Å². The highest BCUT2D eigenvalue weighted by Crippen LogP contribution is 2.11. The molecule has 0 atom stereocenters. The van der Waals surface area contributed by atoms with Gasteiger partial charge in [0.05, 0.1) is 19.8 Å². The van der Waals surface area contributed by atoms with Crippen LogP contribution in [-0.4, -0.2) is 49.6 Å². The quantitative estimate of drug-likeness (QED) is 0.754. The molecule has 2 aromatic rings. The highest BCUT2D eigenvalue weighted by Gasteiger charge is 2.11. The van der Waals surface area contributed by atoms with E-state index < -0.39 is 0 Å². The zero-order valence-electron chi connectivity index (χ0n) is 17.2. The van der Waals surface area contributed by atoms with E-state index in [0.717, 1.165) is 49.5 Å². The summed E-state index contributed by atoms with van der Waals surface area (Å²) in [4.78, 5) is 26.7. The number of carbonyl (C=O) groups is 2. The second-order valence-electron chi connectivity index (χ2n) is 7.47. The Morgan fingerprint density at radius 2 is 1.72 bits per heavy atom. The first-order chi connectivity index (χ1) is 14.0. The number of rotatable bonds is 7. The molecule has 2 amide bonds. The smallest absolute Gasteiger partial charge is 0.251 e. The van der Waals surface area contributed by atoms with Crippen molar-refractivity contribution in [3.63, 3.8) is 0 Å². The van der Waals surface area contributed by atoms with Crippen LogP contribution >= 0.6 is 0 Å². The maximum absolute atomic E-state index is 12.2. The van der Waals surface area contributed by atoms with Gasteiger partial charge < -0.3 is 15.4 Å². The molecule has 6 nitrogen and oxygen atoms in total. The minimum absolute atomic E-state index is 0.0424. The van der Waals surface area contributed by atoms with Crippen molar-refractivity contribution in [3.8, 4) is 0 Å². The van der Waals surface area contributed by atoms with Crippen LogP contribution in [0.5, 0.6) is 0 Å². The first-order valence-electron chi connectivity index (χ1n) is 10.0. The summed E-state index contributed by atoms with van der Waals surface area (Å²) in [6, 6.07) is 13.7. The molecule has 0 aliphatic carbocycles. The van der Waals surface area contributed by atoms with Crippen molar-refractivity contribution >= 4 is 11.8 Å². The molecule has 0 bridgehead atoms. The first kappa shape index (κ1) is 21.0. The van der Waals surface area contributed by atoms with Gasteiger partial charge in [-0.2, -0.15) is 0 Å². The van der Waals surface area contributed by atoms with Crippen LogP contribution in [0.3, 0.4) is 0 Å². The van der Waals surface area contributed by atoms with Gasteiger partial charge in [-0.1, -0.05) is 30.3 Å². The predicted molar refractivity (Wildman–Crippen MR) is 113 cm³/mol. The molecule has 0 spiro atoms. The van der Waals surface area contributed by atoms with Gasteiger partial charge in [-0.15, -0.1) is 0 Å². The minimum atomic E-state index is -0.240. The van der Waals surface area contributed by atoms with Crippen molar-refractivity contribution in [3.05, 3.63) is 70.3 Å². The fourth-order valence-electron chi connectivity index (χ4n) is 3.26. The van der Waals surface area contributed by atoms with Gasteiger partial charge in [-0.3, -0.25) is 14.5 Å². The fourth-order valence-corrected chi connectivity index (χ4v) is 3.26. The molecule has 0 saturated carbocycles. The maximum Gasteiger partial charge on any atom is 0.251 e. The van der Waals surface area contributed by atoms with E-state index in [1.165, 1.54) is 5.56 Å². The highest BCUT2D eigenvalue weighted by atomic mass is 16.5. The molecule has 1 aliphatic heterocycles. The molecule has 2 N–H and O–H groups in total. The molecule has 2 aromatic carbocycles. The summed E-state index contributed by atoms with van der Waals surface area (Å²) in [6.07, 6.45) is 0. The molecule has 1 aliphatic rings. The van der Waals surface area contributed by atoms with E-state index in [9.17, 15) is 9.59 Å². The second-order valence-corrected chi connectivity index (χ2v) is 7.47. The third-order valence-corrected chi connectivity index (χ3v) is 5.17. The van der Waals surface area contributed by atoms with E-state index in [2.05, 4.69) is 27.7 Å². The average Bonchev–Trinajstić information content (AvgIpc) is 2.73. The second kappa shape index (κ2) is 10.2. The Morgan fingerprint density at radius 3 is 2.48 bits per heavy atom. The van der Waals surface area contributed by atoms with E-state index in [1.54, 1.807) is 6.07 Å². The molecule has 1 fully saturated rings. The number of nitrogens with one attached hydrogen (secondary N) is 2. The van der Waals surface area contributed by atoms with Crippen molar-refractivity contribution in [1.82, 2.24) is 15.5 Å². The lowest BCUT2D eigenvalue weighted by molar-refractivity contribution is -0.120. The molecule has 29 heavy (non-hydrogen) atoms. The Bertz CT molecular complexity index is 860. The van der Waals surface area contributed by atoms with Gasteiger partial charge >= 0.3 is 0 Å². The Hall–Kier alpha value is -2.70. The lowest BCUT2D eigenvalue weighted by Crippen LogP contribution is -2.36. The lowest BCUT2D eigenvalue weighted by Gasteiger charge is -2.26. The number of carbonyl (C=O) groups excluding carboxylic acids is 2. The number of hydrogen-bond donors (Lipinski definition) is 2. The van der Waals surface area contributed by atoms with E-state index in [4.69, 9.17) is 4.74 Å². The Morgan fingerprint density at radius 1 is 0.966 bits per heavy atom. The molecule has 0 unspecified atom stereocenters. The Balaban J connectivity index is 1.44. The van der Waals surface area contributed by atoms with Gasteiger partial charge in [0, 0.05) is 31.7 Å². The summed E-state index contributed by atoms with van der Waals surface area (Å²) in [5.74, 6) is -0.448. The molecule has 1 saturated heterocycles. The normalized spacial score (nSPS) is 14.4. The molecule has 3 rings (SSSR count). The first-order valence-corrected chi connectivity index (χ1v) is 10.0. The molecular weight excluding hydrogens is 366 g/mol. The third kappa shape index (κ3) is 6.41. The standard InChI is InChI=1S/C23H29N3O3/c1-17-6-7-21(12-18(17)2)23(28)25-15-22(27)24-14-19-4-3-5-20(13-19)16-26-8-10-29-11-9-26/h3-7,12-13H,8-11,14-16H2,1-2H3,(H,24,27)(H,25,28). The van der Waals surface area contributed by atoms with Crippen molar-refractivity contribution in [2.24, 2.45) is 0 Å². The summed E-state index contributed by atoms with van der Waals surface area (Å²) in [6.45, 7) is 8.70. The maximum atomic E-state index is 12.2. The monoisotopic (exact) mass is 395 g/mol. The van der Waals surface area contributed by atoms with E-state index >= 15 is 0 Å². The number of aryl methyl sites for hydroxylation is 2. The predicted octanol–water partition coefficient (Wildman–Crippen LogP) is 2.18. The van der Waals surface area contributed by atoms with Gasteiger partial charge in [-0.25, -0.2) is 0 Å². The van der Waals surface area contributed by atoms with Crippen molar-refractivity contribution in [2.75, 3.05) is 32.8 Å². The third-order valence-electron chi connectivity index (χ3n) is 5.17. The van der Waals surface area contributed by atoms with Gasteiger partial charge in [0.25, 0.3) is 5.91 Å². The number of morpholine rings is 1. The van der Waals surface area contributed by atoms with E-state index in [1.807, 2.05) is 38.1 Å². The average molecular weight is 396 g/mol. The van der Waals surface area contributed by atoms with Gasteiger partial charge in [0.2, 0.25) is 5.91 Å². The summed E-state index contributed by atoms with van der Waals surface area (Å²) in [7, 11) is 0. The molecule has 1 heterocycles. The lowest BCUT2D eigenvalue weighted by atomic mass is 10.1. The zero-order valence-corrected chi connectivity index (χ0v) is 17.2. The summed E-state index contributed by atoms with van der Waals surface area (Å²) in [5.41, 5.74) is 5.03. The largest absolute Gasteiger partial charge is 0.379 e. The van der Waals surface area contributed by atoms with Gasteiger partial charge in [0.1, 0.15) is 0 Å². The summed E-state index contributed by atoms with van der Waals surface area (Å²) >= 11 is 0. The SMILES string of the molecule is Cc1ccc(C(=O)NCC(=O)NCc2cccc(CN3CCOCC3)c2)cc1C. The van der Waals surface area contributed by atoms with Crippen molar-refractivity contribution in [1.29, 1.82) is 0 Å². The van der Waals surface area contributed by atoms with Crippen LogP contribution in [0.1, 0.15) is 32.6 Å². The van der Waals surface area contributed by atoms with Crippen LogP contribution in [0.2, 0.25) is 0 Å². The summed E-state index contributed by atoms with van der Waals surface area (Å²) in [5, 5.41) is 5.55. The van der Waals surface area contributed by atoms with Crippen LogP contribution in [-0.2, 0) is 22.6 Å². The van der Waals surface area contributed by atoms with Gasteiger partial charge in [0.15, 0.2) is 0 Å². The van der Waals surface area contributed by atoms with Crippen molar-refractivity contribution in [2.45, 2.75) is 26.9 Å². The zero-order chi connectivity index (χ0) is 20.6. The number of nitrogens with zero attached hydrogens (tertiary/aromatic N) is 1. The van der Waals surface area contributed by atoms with Crippen LogP contribution < -0.4 is 10.6 Å². The topological polar surface area (TPSA) is 70.7 Å². The van der Waals surface area contributed by atoms with E-state index in [0.29, 0.717) is 12.1 Å². The molecule has 154 valence electrons. The van der Waals surface area contributed by atoms with Crippen LogP contribution in [0, 0.1) is 13.8 Å².